The second kappa shape index (κ2) is 7.25. The number of esters is 1. The number of ether oxygens (including phenoxy) is 1. The predicted molar refractivity (Wildman–Crippen MR) is 93.5 cm³/mol. The topological polar surface area (TPSA) is 66.9 Å². The fourth-order valence-electron chi connectivity index (χ4n) is 3.69. The number of rotatable bonds is 3. The third-order valence-corrected chi connectivity index (χ3v) is 4.92. The van der Waals surface area contributed by atoms with Gasteiger partial charge in [0.1, 0.15) is 6.04 Å². The zero-order chi connectivity index (χ0) is 18.0. The maximum absolute atomic E-state index is 13.0. The maximum atomic E-state index is 13.0. The van der Waals surface area contributed by atoms with Crippen LogP contribution in [-0.2, 0) is 20.7 Å². The lowest BCUT2D eigenvalue weighted by Gasteiger charge is -2.34. The van der Waals surface area contributed by atoms with Gasteiger partial charge in [-0.05, 0) is 56.4 Å². The average molecular weight is 344 g/mol. The molecule has 1 aromatic carbocycles. The Hall–Kier alpha value is -2.37. The number of fused-ring (bicyclic) bond motifs is 1. The third-order valence-electron chi connectivity index (χ3n) is 4.92. The first-order valence-corrected chi connectivity index (χ1v) is 8.91. The molecule has 1 aromatic rings. The van der Waals surface area contributed by atoms with Gasteiger partial charge in [0.05, 0.1) is 6.61 Å². The highest BCUT2D eigenvalue weighted by atomic mass is 16.5. The van der Waals surface area contributed by atoms with Gasteiger partial charge >= 0.3 is 5.97 Å². The van der Waals surface area contributed by atoms with Crippen LogP contribution in [0.15, 0.2) is 18.2 Å². The summed E-state index contributed by atoms with van der Waals surface area (Å²) in [5.41, 5.74) is 2.45. The van der Waals surface area contributed by atoms with Crippen LogP contribution in [0.2, 0.25) is 0 Å². The minimum absolute atomic E-state index is 0.0104. The number of nitrogens with zero attached hydrogens (tertiary/aromatic N) is 2. The molecule has 2 amide bonds. The van der Waals surface area contributed by atoms with Crippen LogP contribution in [-0.4, -0.2) is 48.4 Å². The van der Waals surface area contributed by atoms with E-state index in [1.165, 1.54) is 0 Å². The molecule has 0 bridgehead atoms. The van der Waals surface area contributed by atoms with Crippen molar-refractivity contribution in [1.82, 2.24) is 4.90 Å². The van der Waals surface area contributed by atoms with Crippen LogP contribution in [0.3, 0.4) is 0 Å². The number of carbonyl (C=O) groups excluding carboxylic acids is 3. The summed E-state index contributed by atoms with van der Waals surface area (Å²) in [7, 11) is 0. The van der Waals surface area contributed by atoms with Gasteiger partial charge < -0.3 is 14.5 Å². The summed E-state index contributed by atoms with van der Waals surface area (Å²) in [6.07, 6.45) is 3.21. The lowest BCUT2D eigenvalue weighted by Crippen LogP contribution is -2.48. The first kappa shape index (κ1) is 17.5. The molecule has 0 aliphatic carbocycles. The Morgan fingerprint density at radius 2 is 2.00 bits per heavy atom. The number of carbonyl (C=O) groups is 3. The molecular weight excluding hydrogens is 320 g/mol. The van der Waals surface area contributed by atoms with Crippen LogP contribution in [0.25, 0.3) is 0 Å². The van der Waals surface area contributed by atoms with Gasteiger partial charge in [-0.2, -0.15) is 0 Å². The van der Waals surface area contributed by atoms with Crippen LogP contribution in [0.5, 0.6) is 0 Å². The Labute approximate surface area is 147 Å². The molecule has 2 aliphatic rings. The van der Waals surface area contributed by atoms with E-state index in [4.69, 9.17) is 4.74 Å². The van der Waals surface area contributed by atoms with Gasteiger partial charge in [0.15, 0.2) is 0 Å². The number of hydrogen-bond acceptors (Lipinski definition) is 4. The van der Waals surface area contributed by atoms with E-state index in [1.807, 2.05) is 12.1 Å². The molecule has 1 saturated heterocycles. The van der Waals surface area contributed by atoms with Crippen molar-refractivity contribution in [2.75, 3.05) is 24.6 Å². The molecule has 25 heavy (non-hydrogen) atoms. The van der Waals surface area contributed by atoms with Crippen LogP contribution in [0.1, 0.15) is 49.0 Å². The van der Waals surface area contributed by atoms with Gasteiger partial charge in [0.25, 0.3) is 5.91 Å². The van der Waals surface area contributed by atoms with Crippen LogP contribution in [0.4, 0.5) is 5.69 Å². The van der Waals surface area contributed by atoms with E-state index in [2.05, 4.69) is 0 Å². The quantitative estimate of drug-likeness (QED) is 0.788. The standard InChI is InChI=1S/C19H24N2O4/c1-3-25-19(24)17-6-4-5-10-21(17)18(23)15-7-8-16-14(12-15)9-11-20(16)13(2)22/h7-8,12,17H,3-6,9-11H2,1-2H3/t17-/m1/s1. The monoisotopic (exact) mass is 344 g/mol. The summed E-state index contributed by atoms with van der Waals surface area (Å²) >= 11 is 0. The zero-order valence-electron chi connectivity index (χ0n) is 14.8. The molecule has 0 unspecified atom stereocenters. The van der Waals surface area contributed by atoms with E-state index < -0.39 is 6.04 Å². The highest BCUT2D eigenvalue weighted by molar-refractivity contribution is 5.99. The molecule has 0 spiro atoms. The Balaban J connectivity index is 1.82. The zero-order valence-corrected chi connectivity index (χ0v) is 14.8. The third kappa shape index (κ3) is 3.38. The number of piperidine rings is 1. The van der Waals surface area contributed by atoms with Crippen molar-refractivity contribution in [1.29, 1.82) is 0 Å². The molecule has 0 radical (unpaired) electrons. The molecule has 0 saturated carbocycles. The number of likely N-dealkylation sites (tertiary alicyclic amines) is 1. The summed E-state index contributed by atoms with van der Waals surface area (Å²) in [5, 5.41) is 0. The van der Waals surface area contributed by atoms with E-state index in [9.17, 15) is 14.4 Å². The molecule has 2 heterocycles. The largest absolute Gasteiger partial charge is 0.464 e. The Bertz CT molecular complexity index is 701. The van der Waals surface area contributed by atoms with E-state index in [0.717, 1.165) is 30.5 Å². The molecule has 3 rings (SSSR count). The van der Waals surface area contributed by atoms with Crippen molar-refractivity contribution in [3.05, 3.63) is 29.3 Å². The molecule has 2 aliphatic heterocycles. The van der Waals surface area contributed by atoms with E-state index in [1.54, 1.807) is 29.7 Å². The predicted octanol–water partition coefficient (Wildman–Crippen LogP) is 2.15. The smallest absolute Gasteiger partial charge is 0.328 e. The normalized spacial score (nSPS) is 19.5. The Kier molecular flexibility index (Phi) is 5.06. The van der Waals surface area contributed by atoms with Crippen molar-refractivity contribution < 1.29 is 19.1 Å². The van der Waals surface area contributed by atoms with E-state index >= 15 is 0 Å². The fourth-order valence-corrected chi connectivity index (χ4v) is 3.69. The molecule has 6 nitrogen and oxygen atoms in total. The molecular formula is C19H24N2O4. The van der Waals surface area contributed by atoms with E-state index in [-0.39, 0.29) is 17.8 Å². The first-order chi connectivity index (χ1) is 12.0. The van der Waals surface area contributed by atoms with Crippen molar-refractivity contribution in [2.45, 2.75) is 45.6 Å². The molecule has 0 N–H and O–H groups in total. The highest BCUT2D eigenvalue weighted by Gasteiger charge is 2.34. The summed E-state index contributed by atoms with van der Waals surface area (Å²) < 4.78 is 5.14. The Morgan fingerprint density at radius 1 is 1.20 bits per heavy atom. The molecule has 1 atom stereocenters. The second-order valence-electron chi connectivity index (χ2n) is 6.53. The van der Waals surface area contributed by atoms with Crippen molar-refractivity contribution >= 4 is 23.5 Å². The SMILES string of the molecule is CCOC(=O)[C@H]1CCCCN1C(=O)c1ccc2c(c1)CCN2C(C)=O. The average Bonchev–Trinajstić information content (AvgIpc) is 3.04. The van der Waals surface area contributed by atoms with Gasteiger partial charge in [-0.15, -0.1) is 0 Å². The number of benzene rings is 1. The fraction of sp³-hybridized carbons (Fsp3) is 0.526. The van der Waals surface area contributed by atoms with Gasteiger partial charge in [-0.1, -0.05) is 0 Å². The summed E-state index contributed by atoms with van der Waals surface area (Å²) in [4.78, 5) is 40.2. The summed E-state index contributed by atoms with van der Waals surface area (Å²) in [6, 6.07) is 4.94. The lowest BCUT2D eigenvalue weighted by molar-refractivity contribution is -0.149. The van der Waals surface area contributed by atoms with Gasteiger partial charge in [-0.3, -0.25) is 9.59 Å². The van der Waals surface area contributed by atoms with Crippen LogP contribution in [0, 0.1) is 0 Å². The molecule has 0 aromatic heterocycles. The summed E-state index contributed by atoms with van der Waals surface area (Å²) in [5.74, 6) is -0.447. The van der Waals surface area contributed by atoms with E-state index in [0.29, 0.717) is 31.7 Å². The van der Waals surface area contributed by atoms with Crippen molar-refractivity contribution in [3.63, 3.8) is 0 Å². The van der Waals surface area contributed by atoms with Crippen molar-refractivity contribution in [2.24, 2.45) is 0 Å². The van der Waals surface area contributed by atoms with Gasteiger partial charge in [0.2, 0.25) is 5.91 Å². The number of hydrogen-bond donors (Lipinski definition) is 0. The number of amides is 2. The maximum Gasteiger partial charge on any atom is 0.328 e. The molecule has 1 fully saturated rings. The van der Waals surface area contributed by atoms with Crippen LogP contribution < -0.4 is 4.90 Å². The minimum atomic E-state index is -0.497. The Morgan fingerprint density at radius 3 is 2.72 bits per heavy atom. The van der Waals surface area contributed by atoms with Gasteiger partial charge in [-0.25, -0.2) is 4.79 Å². The van der Waals surface area contributed by atoms with Crippen molar-refractivity contribution in [3.8, 4) is 0 Å². The molecule has 6 heteroatoms. The van der Waals surface area contributed by atoms with Crippen LogP contribution >= 0.6 is 0 Å². The minimum Gasteiger partial charge on any atom is -0.464 e. The first-order valence-electron chi connectivity index (χ1n) is 8.91. The summed E-state index contributed by atoms with van der Waals surface area (Å²) in [6.45, 7) is 4.85. The lowest BCUT2D eigenvalue weighted by atomic mass is 10.00. The number of anilines is 1. The highest BCUT2D eigenvalue weighted by Crippen LogP contribution is 2.30. The van der Waals surface area contributed by atoms with Gasteiger partial charge in [0, 0.05) is 31.3 Å². The second-order valence-corrected chi connectivity index (χ2v) is 6.53. The molecule has 134 valence electrons.